The molecule has 1 saturated heterocycles. The molecule has 0 spiro atoms. The third-order valence-corrected chi connectivity index (χ3v) is 6.26. The number of rotatable bonds is 4. The molecule has 2 aromatic rings. The second kappa shape index (κ2) is 8.03. The quantitative estimate of drug-likeness (QED) is 0.859. The molecule has 0 unspecified atom stereocenters. The van der Waals surface area contributed by atoms with Crippen LogP contribution in [-0.4, -0.2) is 54.8 Å². The third kappa shape index (κ3) is 4.32. The Balaban J connectivity index is 1.56. The molecule has 1 aliphatic heterocycles. The van der Waals surface area contributed by atoms with Crippen LogP contribution in [0.2, 0.25) is 5.02 Å². The molecular formula is C17H19ClN4O3S. The van der Waals surface area contributed by atoms with E-state index < -0.39 is 10.0 Å². The van der Waals surface area contributed by atoms with Crippen LogP contribution in [0.3, 0.4) is 0 Å². The Morgan fingerprint density at radius 1 is 1.15 bits per heavy atom. The maximum Gasteiger partial charge on any atom is 0.317 e. The van der Waals surface area contributed by atoms with E-state index in [2.05, 4.69) is 10.3 Å². The van der Waals surface area contributed by atoms with Crippen molar-refractivity contribution in [1.29, 1.82) is 0 Å². The number of nitrogens with one attached hydrogen (secondary N) is 1. The summed E-state index contributed by atoms with van der Waals surface area (Å²) in [5, 5.41) is 3.20. The number of urea groups is 1. The molecule has 0 aliphatic carbocycles. The Bertz CT molecular complexity index is 869. The van der Waals surface area contributed by atoms with Gasteiger partial charge in [-0.25, -0.2) is 13.2 Å². The molecular weight excluding hydrogens is 376 g/mol. The van der Waals surface area contributed by atoms with E-state index in [1.165, 1.54) is 16.4 Å². The average Bonchev–Trinajstić information content (AvgIpc) is 2.67. The maximum atomic E-state index is 12.7. The molecule has 0 radical (unpaired) electrons. The van der Waals surface area contributed by atoms with Crippen molar-refractivity contribution in [3.05, 3.63) is 59.4 Å². The number of aromatic nitrogens is 1. The molecule has 1 aromatic carbocycles. The predicted molar refractivity (Wildman–Crippen MR) is 98.3 cm³/mol. The molecule has 0 saturated carbocycles. The number of nitrogens with zero attached hydrogens (tertiary/aromatic N) is 3. The summed E-state index contributed by atoms with van der Waals surface area (Å²) in [4.78, 5) is 18.0. The Kier molecular flexibility index (Phi) is 5.75. The highest BCUT2D eigenvalue weighted by molar-refractivity contribution is 7.89. The first-order valence-electron chi connectivity index (χ1n) is 8.14. The summed E-state index contributed by atoms with van der Waals surface area (Å²) in [5.74, 6) is 0. The van der Waals surface area contributed by atoms with Gasteiger partial charge in [0.2, 0.25) is 10.0 Å². The van der Waals surface area contributed by atoms with Crippen LogP contribution in [0.15, 0.2) is 53.7 Å². The Hall–Kier alpha value is -2.16. The van der Waals surface area contributed by atoms with Gasteiger partial charge in [-0.1, -0.05) is 23.7 Å². The number of carbonyl (C=O) groups is 1. The Labute approximate surface area is 157 Å². The summed E-state index contributed by atoms with van der Waals surface area (Å²) in [6, 6.07) is 9.67. The first-order valence-corrected chi connectivity index (χ1v) is 9.96. The maximum absolute atomic E-state index is 12.7. The van der Waals surface area contributed by atoms with Gasteiger partial charge in [-0.15, -0.1) is 0 Å². The smallest absolute Gasteiger partial charge is 0.317 e. The zero-order chi connectivity index (χ0) is 18.6. The molecule has 9 heteroatoms. The lowest BCUT2D eigenvalue weighted by molar-refractivity contribution is 0.172. The molecule has 1 aliphatic rings. The molecule has 2 heterocycles. The van der Waals surface area contributed by atoms with Crippen LogP contribution in [0.5, 0.6) is 0 Å². The van der Waals surface area contributed by atoms with Crippen molar-refractivity contribution in [3.63, 3.8) is 0 Å². The summed E-state index contributed by atoms with van der Waals surface area (Å²) in [6.07, 6.45) is 3.36. The van der Waals surface area contributed by atoms with E-state index in [9.17, 15) is 13.2 Å². The van der Waals surface area contributed by atoms with Crippen LogP contribution >= 0.6 is 11.6 Å². The third-order valence-electron chi connectivity index (χ3n) is 4.13. The molecule has 0 atom stereocenters. The standard InChI is InChI=1S/C17H19ClN4O3S/c18-15-4-1-5-16(11-15)26(24,25)22-9-7-21(8-10-22)17(23)20-13-14-3-2-6-19-12-14/h1-6,11-12H,7-10,13H2,(H,20,23). The van der Waals surface area contributed by atoms with Gasteiger partial charge in [-0.05, 0) is 29.8 Å². The predicted octanol–water partition coefficient (Wildman–Crippen LogP) is 1.95. The van der Waals surface area contributed by atoms with Gasteiger partial charge in [0.05, 0.1) is 4.90 Å². The topological polar surface area (TPSA) is 82.6 Å². The van der Waals surface area contributed by atoms with Crippen molar-refractivity contribution in [2.24, 2.45) is 0 Å². The largest absolute Gasteiger partial charge is 0.334 e. The van der Waals surface area contributed by atoms with Gasteiger partial charge in [0.25, 0.3) is 0 Å². The van der Waals surface area contributed by atoms with Crippen LogP contribution in [0.4, 0.5) is 4.79 Å². The SMILES string of the molecule is O=C(NCc1cccnc1)N1CCN(S(=O)(=O)c2cccc(Cl)c2)CC1. The van der Waals surface area contributed by atoms with E-state index in [1.807, 2.05) is 6.07 Å². The zero-order valence-corrected chi connectivity index (χ0v) is 15.6. The fourth-order valence-corrected chi connectivity index (χ4v) is 4.42. The molecule has 7 nitrogen and oxygen atoms in total. The van der Waals surface area contributed by atoms with Crippen molar-refractivity contribution in [2.75, 3.05) is 26.2 Å². The van der Waals surface area contributed by atoms with E-state index in [4.69, 9.17) is 11.6 Å². The molecule has 1 N–H and O–H groups in total. The average molecular weight is 395 g/mol. The van der Waals surface area contributed by atoms with E-state index in [1.54, 1.807) is 35.5 Å². The van der Waals surface area contributed by atoms with Crippen molar-refractivity contribution < 1.29 is 13.2 Å². The number of sulfonamides is 1. The van der Waals surface area contributed by atoms with E-state index >= 15 is 0 Å². The molecule has 1 aromatic heterocycles. The van der Waals surface area contributed by atoms with Crippen LogP contribution < -0.4 is 5.32 Å². The van der Waals surface area contributed by atoms with E-state index in [0.29, 0.717) is 24.7 Å². The molecule has 26 heavy (non-hydrogen) atoms. The minimum Gasteiger partial charge on any atom is -0.334 e. The van der Waals surface area contributed by atoms with E-state index in [0.717, 1.165) is 5.56 Å². The van der Waals surface area contributed by atoms with Crippen molar-refractivity contribution in [1.82, 2.24) is 19.5 Å². The number of carbonyl (C=O) groups excluding carboxylic acids is 1. The van der Waals surface area contributed by atoms with Crippen molar-refractivity contribution in [2.45, 2.75) is 11.4 Å². The second-order valence-corrected chi connectivity index (χ2v) is 8.24. The highest BCUT2D eigenvalue weighted by atomic mass is 35.5. The second-order valence-electron chi connectivity index (χ2n) is 5.87. The number of halogens is 1. The summed E-state index contributed by atoms with van der Waals surface area (Å²) >= 11 is 5.89. The minimum absolute atomic E-state index is 0.166. The lowest BCUT2D eigenvalue weighted by Gasteiger charge is -2.34. The normalized spacial score (nSPS) is 15.7. The van der Waals surface area contributed by atoms with Crippen LogP contribution in [0.25, 0.3) is 0 Å². The van der Waals surface area contributed by atoms with Crippen molar-refractivity contribution >= 4 is 27.7 Å². The number of pyridine rings is 1. The fourth-order valence-electron chi connectivity index (χ4n) is 2.70. The minimum atomic E-state index is -3.61. The van der Waals surface area contributed by atoms with Gasteiger partial charge >= 0.3 is 6.03 Å². The van der Waals surface area contributed by atoms with Gasteiger partial charge in [-0.2, -0.15) is 4.31 Å². The van der Waals surface area contributed by atoms with Gasteiger partial charge < -0.3 is 10.2 Å². The zero-order valence-electron chi connectivity index (χ0n) is 14.0. The van der Waals surface area contributed by atoms with Gasteiger partial charge in [0.15, 0.2) is 0 Å². The number of piperazine rings is 1. The summed E-state index contributed by atoms with van der Waals surface area (Å²) in [5.41, 5.74) is 0.906. The lowest BCUT2D eigenvalue weighted by Crippen LogP contribution is -2.52. The number of hydrogen-bond donors (Lipinski definition) is 1. The first-order chi connectivity index (χ1) is 12.5. The first kappa shape index (κ1) is 18.6. The molecule has 0 bridgehead atoms. The summed E-state index contributed by atoms with van der Waals surface area (Å²) in [6.45, 7) is 1.54. The van der Waals surface area contributed by atoms with Crippen molar-refractivity contribution in [3.8, 4) is 0 Å². The number of amides is 2. The van der Waals surface area contributed by atoms with Gasteiger partial charge in [0.1, 0.15) is 0 Å². The Morgan fingerprint density at radius 3 is 2.58 bits per heavy atom. The highest BCUT2D eigenvalue weighted by Gasteiger charge is 2.30. The van der Waals surface area contributed by atoms with E-state index in [-0.39, 0.29) is 24.0 Å². The Morgan fingerprint density at radius 2 is 1.92 bits per heavy atom. The monoisotopic (exact) mass is 394 g/mol. The molecule has 3 rings (SSSR count). The highest BCUT2D eigenvalue weighted by Crippen LogP contribution is 2.20. The molecule has 138 valence electrons. The number of hydrogen-bond acceptors (Lipinski definition) is 4. The van der Waals surface area contributed by atoms with Gasteiger partial charge in [0, 0.05) is 50.1 Å². The lowest BCUT2D eigenvalue weighted by atomic mass is 10.3. The fraction of sp³-hybridized carbons (Fsp3) is 0.294. The summed E-state index contributed by atoms with van der Waals surface area (Å²) in [7, 11) is -3.61. The summed E-state index contributed by atoms with van der Waals surface area (Å²) < 4.78 is 26.7. The molecule has 1 fully saturated rings. The van der Waals surface area contributed by atoms with Crippen LogP contribution in [0, 0.1) is 0 Å². The van der Waals surface area contributed by atoms with Crippen LogP contribution in [-0.2, 0) is 16.6 Å². The number of benzene rings is 1. The van der Waals surface area contributed by atoms with Gasteiger partial charge in [-0.3, -0.25) is 4.98 Å². The van der Waals surface area contributed by atoms with Crippen LogP contribution in [0.1, 0.15) is 5.56 Å². The molecule has 2 amide bonds.